The quantitative estimate of drug-likeness (QED) is 0.406. The SMILES string of the molecule is O=C(Cc1ccc(-c2ccccc2)cc1)N1CC(COc2ccccc2)C2(C1)CN(C(=O)c1cn[nH]c1)C2. The number of aromatic nitrogens is 2. The van der Waals surface area contributed by atoms with E-state index in [1.165, 1.54) is 0 Å². The van der Waals surface area contributed by atoms with E-state index in [4.69, 9.17) is 4.74 Å². The highest BCUT2D eigenvalue weighted by molar-refractivity contribution is 5.94. The molecule has 0 bridgehead atoms. The fourth-order valence-electron chi connectivity index (χ4n) is 5.66. The Kier molecular flexibility index (Phi) is 6.42. The van der Waals surface area contributed by atoms with E-state index >= 15 is 0 Å². The van der Waals surface area contributed by atoms with Crippen molar-refractivity contribution in [3.8, 4) is 16.9 Å². The van der Waals surface area contributed by atoms with Crippen molar-refractivity contribution in [1.82, 2.24) is 20.0 Å². The number of amides is 2. The number of H-pyrrole nitrogens is 1. The minimum Gasteiger partial charge on any atom is -0.493 e. The van der Waals surface area contributed by atoms with Crippen LogP contribution < -0.4 is 4.74 Å². The predicted octanol–water partition coefficient (Wildman–Crippen LogP) is 4.30. The van der Waals surface area contributed by atoms with E-state index in [2.05, 4.69) is 34.5 Å². The molecule has 6 rings (SSSR count). The molecule has 2 aliphatic heterocycles. The molecule has 38 heavy (non-hydrogen) atoms. The van der Waals surface area contributed by atoms with Gasteiger partial charge in [-0.2, -0.15) is 5.10 Å². The van der Waals surface area contributed by atoms with Crippen LogP contribution >= 0.6 is 0 Å². The third-order valence-corrected chi connectivity index (χ3v) is 7.82. The van der Waals surface area contributed by atoms with E-state index in [0.29, 0.717) is 44.8 Å². The number of para-hydroxylation sites is 1. The Bertz CT molecular complexity index is 1380. The molecule has 1 spiro atoms. The van der Waals surface area contributed by atoms with Crippen molar-refractivity contribution < 1.29 is 14.3 Å². The van der Waals surface area contributed by atoms with Crippen molar-refractivity contribution in [2.24, 2.45) is 11.3 Å². The second kappa shape index (κ2) is 10.2. The Balaban J connectivity index is 1.13. The van der Waals surface area contributed by atoms with E-state index in [1.54, 1.807) is 12.4 Å². The summed E-state index contributed by atoms with van der Waals surface area (Å²) in [6, 6.07) is 28.2. The lowest BCUT2D eigenvalue weighted by Gasteiger charge is -2.50. The van der Waals surface area contributed by atoms with Gasteiger partial charge >= 0.3 is 0 Å². The van der Waals surface area contributed by atoms with Crippen molar-refractivity contribution in [3.63, 3.8) is 0 Å². The maximum atomic E-state index is 13.4. The molecule has 2 fully saturated rings. The van der Waals surface area contributed by atoms with Crippen molar-refractivity contribution in [1.29, 1.82) is 0 Å². The molecule has 2 amide bonds. The number of carbonyl (C=O) groups is 2. The van der Waals surface area contributed by atoms with Crippen molar-refractivity contribution in [2.45, 2.75) is 6.42 Å². The van der Waals surface area contributed by atoms with Gasteiger partial charge in [0.15, 0.2) is 0 Å². The molecular weight excluding hydrogens is 476 g/mol. The van der Waals surface area contributed by atoms with Crippen LogP contribution in [0.3, 0.4) is 0 Å². The van der Waals surface area contributed by atoms with Crippen molar-refractivity contribution in [2.75, 3.05) is 32.8 Å². The third-order valence-electron chi connectivity index (χ3n) is 7.82. The molecule has 2 aliphatic rings. The monoisotopic (exact) mass is 506 g/mol. The molecule has 192 valence electrons. The summed E-state index contributed by atoms with van der Waals surface area (Å²) >= 11 is 0. The molecule has 0 aliphatic carbocycles. The van der Waals surface area contributed by atoms with Gasteiger partial charge in [0.2, 0.25) is 5.91 Å². The van der Waals surface area contributed by atoms with Gasteiger partial charge in [0, 0.05) is 43.7 Å². The average Bonchev–Trinajstić information content (AvgIpc) is 3.61. The van der Waals surface area contributed by atoms with E-state index in [1.807, 2.05) is 70.5 Å². The highest BCUT2D eigenvalue weighted by Gasteiger charge is 2.56. The van der Waals surface area contributed by atoms with Gasteiger partial charge in [0.1, 0.15) is 5.75 Å². The highest BCUT2D eigenvalue weighted by atomic mass is 16.5. The second-order valence-corrected chi connectivity index (χ2v) is 10.3. The van der Waals surface area contributed by atoms with Gasteiger partial charge in [-0.1, -0.05) is 72.8 Å². The first-order chi connectivity index (χ1) is 18.6. The molecule has 7 heteroatoms. The Morgan fingerprint density at radius 1 is 0.868 bits per heavy atom. The van der Waals surface area contributed by atoms with E-state index in [-0.39, 0.29) is 23.1 Å². The number of carbonyl (C=O) groups excluding carboxylic acids is 2. The van der Waals surface area contributed by atoms with Gasteiger partial charge in [-0.3, -0.25) is 14.7 Å². The molecule has 1 unspecified atom stereocenters. The van der Waals surface area contributed by atoms with Crippen LogP contribution in [0.4, 0.5) is 0 Å². The number of nitrogens with zero attached hydrogens (tertiary/aromatic N) is 3. The first-order valence-corrected chi connectivity index (χ1v) is 13.0. The van der Waals surface area contributed by atoms with Crippen LogP contribution in [-0.4, -0.2) is 64.6 Å². The maximum Gasteiger partial charge on any atom is 0.257 e. The lowest BCUT2D eigenvalue weighted by molar-refractivity contribution is -0.130. The molecule has 3 aromatic carbocycles. The summed E-state index contributed by atoms with van der Waals surface area (Å²) in [4.78, 5) is 30.1. The zero-order valence-electron chi connectivity index (χ0n) is 21.1. The second-order valence-electron chi connectivity index (χ2n) is 10.3. The van der Waals surface area contributed by atoms with E-state index in [9.17, 15) is 9.59 Å². The van der Waals surface area contributed by atoms with Gasteiger partial charge in [0.05, 0.1) is 24.8 Å². The fraction of sp³-hybridized carbons (Fsp3) is 0.258. The lowest BCUT2D eigenvalue weighted by Crippen LogP contribution is -2.62. The number of benzene rings is 3. The zero-order valence-corrected chi connectivity index (χ0v) is 21.1. The van der Waals surface area contributed by atoms with Crippen molar-refractivity contribution >= 4 is 11.8 Å². The largest absolute Gasteiger partial charge is 0.493 e. The highest BCUT2D eigenvalue weighted by Crippen LogP contribution is 2.45. The van der Waals surface area contributed by atoms with Crippen LogP contribution in [0.2, 0.25) is 0 Å². The minimum atomic E-state index is -0.166. The normalized spacial score (nSPS) is 17.8. The fourth-order valence-corrected chi connectivity index (χ4v) is 5.66. The Morgan fingerprint density at radius 3 is 2.21 bits per heavy atom. The Hall–Kier alpha value is -4.39. The summed E-state index contributed by atoms with van der Waals surface area (Å²) in [5.41, 5.74) is 3.69. The minimum absolute atomic E-state index is 0.0321. The van der Waals surface area contributed by atoms with E-state index < -0.39 is 0 Å². The number of hydrogen-bond donors (Lipinski definition) is 1. The first kappa shape index (κ1) is 24.0. The maximum absolute atomic E-state index is 13.4. The summed E-state index contributed by atoms with van der Waals surface area (Å²) in [6.45, 7) is 2.98. The van der Waals surface area contributed by atoms with Crippen molar-refractivity contribution in [3.05, 3.63) is 108 Å². The van der Waals surface area contributed by atoms with Gasteiger partial charge in [0.25, 0.3) is 5.91 Å². The smallest absolute Gasteiger partial charge is 0.257 e. The summed E-state index contributed by atoms with van der Waals surface area (Å²) in [6.07, 6.45) is 3.53. The molecule has 1 atom stereocenters. The topological polar surface area (TPSA) is 78.5 Å². The molecule has 3 heterocycles. The number of ether oxygens (including phenoxy) is 1. The van der Waals surface area contributed by atoms with Crippen LogP contribution in [0.25, 0.3) is 11.1 Å². The molecule has 7 nitrogen and oxygen atoms in total. The van der Waals surface area contributed by atoms with Gasteiger partial charge in [-0.25, -0.2) is 0 Å². The first-order valence-electron chi connectivity index (χ1n) is 13.0. The molecular formula is C31H30N4O3. The molecule has 1 aromatic heterocycles. The number of likely N-dealkylation sites (tertiary alicyclic amines) is 2. The summed E-state index contributed by atoms with van der Waals surface area (Å²) < 4.78 is 6.13. The van der Waals surface area contributed by atoms with Crippen LogP contribution in [0.5, 0.6) is 5.75 Å². The number of nitrogens with one attached hydrogen (secondary N) is 1. The lowest BCUT2D eigenvalue weighted by atomic mass is 9.71. The zero-order chi connectivity index (χ0) is 26.0. The number of hydrogen-bond acceptors (Lipinski definition) is 4. The van der Waals surface area contributed by atoms with Gasteiger partial charge in [-0.05, 0) is 28.8 Å². The molecule has 0 saturated carbocycles. The van der Waals surface area contributed by atoms with Crippen LogP contribution in [-0.2, 0) is 11.2 Å². The molecule has 1 N–H and O–H groups in total. The molecule has 4 aromatic rings. The summed E-state index contributed by atoms with van der Waals surface area (Å²) in [5, 5.41) is 6.61. The van der Waals surface area contributed by atoms with Crippen LogP contribution in [0.1, 0.15) is 15.9 Å². The summed E-state index contributed by atoms with van der Waals surface area (Å²) in [5.74, 6) is 1.03. The summed E-state index contributed by atoms with van der Waals surface area (Å²) in [7, 11) is 0. The predicted molar refractivity (Wildman–Crippen MR) is 145 cm³/mol. The van der Waals surface area contributed by atoms with Gasteiger partial charge < -0.3 is 14.5 Å². The van der Waals surface area contributed by atoms with E-state index in [0.717, 1.165) is 22.4 Å². The molecule has 2 saturated heterocycles. The van der Waals surface area contributed by atoms with Gasteiger partial charge in [-0.15, -0.1) is 0 Å². The molecule has 0 radical (unpaired) electrons. The number of aromatic amines is 1. The standard InChI is InChI=1S/C31H30N4O3/c36-29(15-23-11-13-25(14-12-23)24-7-3-1-4-8-24)34-18-27(19-38-28-9-5-2-6-10-28)31(20-34)21-35(22-31)30(37)26-16-32-33-17-26/h1-14,16-17,27H,15,18-22H2,(H,32,33). The Labute approximate surface area is 222 Å². The number of rotatable bonds is 7. The Morgan fingerprint density at radius 2 is 1.53 bits per heavy atom. The van der Waals surface area contributed by atoms with Crippen LogP contribution in [0, 0.1) is 11.3 Å². The average molecular weight is 507 g/mol. The van der Waals surface area contributed by atoms with Crippen LogP contribution in [0.15, 0.2) is 97.3 Å². The third kappa shape index (κ3) is 4.79.